The first kappa shape index (κ1) is 23.5. The Morgan fingerprint density at radius 2 is 1.81 bits per heavy atom. The molecule has 0 saturated heterocycles. The summed E-state index contributed by atoms with van der Waals surface area (Å²) in [5.74, 6) is -0.181. The highest BCUT2D eigenvalue weighted by Gasteiger charge is 2.44. The molecule has 0 fully saturated rings. The Morgan fingerprint density at radius 3 is 2.39 bits per heavy atom. The maximum absolute atomic E-state index is 13.1. The van der Waals surface area contributed by atoms with Gasteiger partial charge in [-0.1, -0.05) is 88.8 Å². The van der Waals surface area contributed by atoms with Crippen molar-refractivity contribution in [2.24, 2.45) is 5.92 Å². The van der Waals surface area contributed by atoms with Crippen molar-refractivity contribution in [2.45, 2.75) is 76.7 Å². The number of ether oxygens (including phenoxy) is 1. The smallest absolute Gasteiger partial charge is 0.349 e. The molecule has 2 aromatic rings. The van der Waals surface area contributed by atoms with Crippen LogP contribution in [-0.2, 0) is 21.4 Å². The fraction of sp³-hybridized carbons (Fsp3) is 0.444. The zero-order chi connectivity index (χ0) is 22.8. The second kappa shape index (κ2) is 9.12. The molecule has 1 atom stereocenters. The van der Waals surface area contributed by atoms with E-state index in [0.717, 1.165) is 22.4 Å². The average molecular weight is 439 g/mol. The van der Waals surface area contributed by atoms with Gasteiger partial charge >= 0.3 is 5.97 Å². The highest BCUT2D eigenvalue weighted by Crippen LogP contribution is 2.45. The average Bonchev–Trinajstić information content (AvgIpc) is 2.69. The van der Waals surface area contributed by atoms with Gasteiger partial charge in [0.05, 0.1) is 0 Å². The molecule has 0 spiro atoms. The molecule has 0 aromatic heterocycles. The molecule has 3 rings (SSSR count). The fourth-order valence-electron chi connectivity index (χ4n) is 4.04. The maximum Gasteiger partial charge on any atom is 0.349 e. The summed E-state index contributed by atoms with van der Waals surface area (Å²) in [6.07, 6.45) is 1.83. The highest BCUT2D eigenvalue weighted by molar-refractivity contribution is 8.04. The van der Waals surface area contributed by atoms with E-state index in [0.29, 0.717) is 17.7 Å². The Bertz CT molecular complexity index is 970. The van der Waals surface area contributed by atoms with Gasteiger partial charge in [-0.3, -0.25) is 0 Å². The Labute approximate surface area is 190 Å². The molecule has 0 amide bonds. The third-order valence-electron chi connectivity index (χ3n) is 6.10. The van der Waals surface area contributed by atoms with Gasteiger partial charge in [0.25, 0.3) is 0 Å². The van der Waals surface area contributed by atoms with Crippen LogP contribution in [0.25, 0.3) is 0 Å². The fourth-order valence-corrected chi connectivity index (χ4v) is 5.31. The van der Waals surface area contributed by atoms with Gasteiger partial charge in [-0.05, 0) is 53.9 Å². The van der Waals surface area contributed by atoms with Crippen LogP contribution in [0.4, 0.5) is 0 Å². The number of benzene rings is 2. The maximum atomic E-state index is 13.1. The molecule has 0 saturated carbocycles. The zero-order valence-electron chi connectivity index (χ0n) is 19.5. The lowest BCUT2D eigenvalue weighted by Crippen LogP contribution is -2.44. The molecule has 0 radical (unpaired) electrons. The van der Waals surface area contributed by atoms with Crippen LogP contribution in [0.15, 0.2) is 64.1 Å². The van der Waals surface area contributed by atoms with Gasteiger partial charge in [0.15, 0.2) is 0 Å². The van der Waals surface area contributed by atoms with Crippen molar-refractivity contribution in [3.05, 3.63) is 75.9 Å². The van der Waals surface area contributed by atoms with Gasteiger partial charge in [0.2, 0.25) is 0 Å². The summed E-state index contributed by atoms with van der Waals surface area (Å²) in [5.41, 5.74) is 2.72. The van der Waals surface area contributed by atoms with E-state index in [1.54, 1.807) is 0 Å². The Kier molecular flexibility index (Phi) is 6.90. The summed E-state index contributed by atoms with van der Waals surface area (Å²) in [6, 6.07) is 16.5. The molecule has 1 heterocycles. The van der Waals surface area contributed by atoms with Crippen LogP contribution >= 0.6 is 11.8 Å². The van der Waals surface area contributed by atoms with Crippen LogP contribution in [0, 0.1) is 12.8 Å². The van der Waals surface area contributed by atoms with Crippen molar-refractivity contribution in [2.75, 3.05) is 0 Å². The zero-order valence-corrected chi connectivity index (χ0v) is 20.3. The van der Waals surface area contributed by atoms with Crippen LogP contribution in [0.1, 0.15) is 64.2 Å². The molecular formula is C27H34O3S. The lowest BCUT2D eigenvalue weighted by Gasteiger charge is -2.40. The van der Waals surface area contributed by atoms with Crippen molar-refractivity contribution < 1.29 is 14.6 Å². The number of aliphatic hydroxyl groups excluding tert-OH is 1. The summed E-state index contributed by atoms with van der Waals surface area (Å²) in [6.45, 7) is 12.6. The molecule has 2 aromatic carbocycles. The van der Waals surface area contributed by atoms with Crippen molar-refractivity contribution >= 4 is 17.7 Å². The Morgan fingerprint density at radius 1 is 1.13 bits per heavy atom. The number of esters is 1. The number of hydrogen-bond donors (Lipinski definition) is 1. The summed E-state index contributed by atoms with van der Waals surface area (Å²) in [5, 5.41) is 11.0. The molecule has 0 aliphatic carbocycles. The first-order valence-corrected chi connectivity index (χ1v) is 11.8. The minimum Gasteiger partial charge on any atom is -0.511 e. The van der Waals surface area contributed by atoms with E-state index in [2.05, 4.69) is 65.0 Å². The van der Waals surface area contributed by atoms with Crippen LogP contribution in [0.2, 0.25) is 0 Å². The van der Waals surface area contributed by atoms with Gasteiger partial charge in [0.1, 0.15) is 16.3 Å². The van der Waals surface area contributed by atoms with E-state index in [4.69, 9.17) is 4.74 Å². The van der Waals surface area contributed by atoms with Crippen LogP contribution in [-0.4, -0.2) is 16.7 Å². The second-order valence-corrected chi connectivity index (χ2v) is 11.0. The molecule has 1 unspecified atom stereocenters. The molecule has 1 aliphatic heterocycles. The monoisotopic (exact) mass is 438 g/mol. The van der Waals surface area contributed by atoms with E-state index in [1.807, 2.05) is 25.1 Å². The summed E-state index contributed by atoms with van der Waals surface area (Å²) < 4.78 is 6.09. The van der Waals surface area contributed by atoms with E-state index < -0.39 is 11.6 Å². The number of aryl methyl sites for hydroxylation is 2. The summed E-state index contributed by atoms with van der Waals surface area (Å²) >= 11 is 1.33. The van der Waals surface area contributed by atoms with Crippen LogP contribution < -0.4 is 0 Å². The molecule has 3 nitrogen and oxygen atoms in total. The Hall–Kier alpha value is -2.20. The first-order chi connectivity index (χ1) is 14.5. The van der Waals surface area contributed by atoms with E-state index in [9.17, 15) is 9.90 Å². The molecule has 4 heteroatoms. The number of carbonyl (C=O) groups is 1. The van der Waals surface area contributed by atoms with E-state index in [1.165, 1.54) is 17.3 Å². The van der Waals surface area contributed by atoms with Crippen molar-refractivity contribution in [3.63, 3.8) is 0 Å². The van der Waals surface area contributed by atoms with Crippen LogP contribution in [0.3, 0.4) is 0 Å². The third-order valence-corrected chi connectivity index (χ3v) is 7.26. The Balaban J connectivity index is 1.89. The summed E-state index contributed by atoms with van der Waals surface area (Å²) in [7, 11) is 0. The molecule has 1 aliphatic rings. The molecule has 166 valence electrons. The van der Waals surface area contributed by atoms with Crippen molar-refractivity contribution in [1.82, 2.24) is 0 Å². The van der Waals surface area contributed by atoms with Gasteiger partial charge in [-0.25, -0.2) is 4.79 Å². The predicted octanol–water partition coefficient (Wildman–Crippen LogP) is 7.13. The lowest BCUT2D eigenvalue weighted by atomic mass is 9.80. The largest absolute Gasteiger partial charge is 0.511 e. The molecule has 31 heavy (non-hydrogen) atoms. The number of cyclic esters (lactones) is 1. The molecular weight excluding hydrogens is 404 g/mol. The number of hydrogen-bond acceptors (Lipinski definition) is 4. The molecule has 0 bridgehead atoms. The van der Waals surface area contributed by atoms with Gasteiger partial charge in [-0.2, -0.15) is 0 Å². The summed E-state index contributed by atoms with van der Waals surface area (Å²) in [4.78, 5) is 14.4. The number of carbonyl (C=O) groups excluding carboxylic acids is 1. The van der Waals surface area contributed by atoms with Gasteiger partial charge in [0, 0.05) is 11.3 Å². The predicted molar refractivity (Wildman–Crippen MR) is 128 cm³/mol. The van der Waals surface area contributed by atoms with Crippen molar-refractivity contribution in [1.29, 1.82) is 0 Å². The third kappa shape index (κ3) is 5.35. The van der Waals surface area contributed by atoms with Crippen LogP contribution in [0.5, 0.6) is 0 Å². The number of aliphatic hydroxyl groups is 1. The quantitative estimate of drug-likeness (QED) is 0.487. The standard InChI is InChI=1S/C27H34O3S/c1-18(2)27(15-14-20-10-8-7-9-11-20)17-22(28)24(25(29)30-27)31-23-16-19(3)12-13-21(23)26(4,5)6/h7-13,16,18,28H,14-15,17H2,1-6H3. The normalized spacial score (nSPS) is 19.6. The van der Waals surface area contributed by atoms with E-state index >= 15 is 0 Å². The van der Waals surface area contributed by atoms with E-state index in [-0.39, 0.29) is 17.1 Å². The lowest BCUT2D eigenvalue weighted by molar-refractivity contribution is -0.164. The van der Waals surface area contributed by atoms with Gasteiger partial charge in [-0.15, -0.1) is 0 Å². The highest BCUT2D eigenvalue weighted by atomic mass is 32.2. The van der Waals surface area contributed by atoms with Crippen molar-refractivity contribution in [3.8, 4) is 0 Å². The minimum absolute atomic E-state index is 0.0673. The number of thioether (sulfide) groups is 1. The second-order valence-electron chi connectivity index (χ2n) is 9.90. The first-order valence-electron chi connectivity index (χ1n) is 11.0. The molecule has 1 N–H and O–H groups in total. The number of rotatable bonds is 6. The SMILES string of the molecule is Cc1ccc(C(C)(C)C)c(SC2=C(O)CC(CCc3ccccc3)(C(C)C)OC2=O)c1. The van der Waals surface area contributed by atoms with Gasteiger partial charge < -0.3 is 9.84 Å². The minimum atomic E-state index is -0.694. The topological polar surface area (TPSA) is 46.5 Å².